The van der Waals surface area contributed by atoms with Crippen LogP contribution in [0.4, 0.5) is 5.69 Å². The highest BCUT2D eigenvalue weighted by Crippen LogP contribution is 2.25. The van der Waals surface area contributed by atoms with Crippen LogP contribution in [0.25, 0.3) is 0 Å². The minimum absolute atomic E-state index is 0.113. The standard InChI is InChI=1S/C28H39N3O5S/c1-6-25(28(33)29-23-9-7-8-10-23)30(18-22-13-15-24(36-4)16-14-22)27(32)19-31(37(5,34)35)26-17-20(2)11-12-21(26)3/h11-17,23,25H,6-10,18-19H2,1-5H3,(H,29,33)/t25-/m1/s1. The first-order chi connectivity index (χ1) is 17.5. The Balaban J connectivity index is 1.94. The molecule has 0 aromatic heterocycles. The summed E-state index contributed by atoms with van der Waals surface area (Å²) in [7, 11) is -2.19. The van der Waals surface area contributed by atoms with Gasteiger partial charge in [0.2, 0.25) is 21.8 Å². The highest BCUT2D eigenvalue weighted by atomic mass is 32.2. The average molecular weight is 530 g/mol. The van der Waals surface area contributed by atoms with E-state index in [0.29, 0.717) is 17.9 Å². The predicted molar refractivity (Wildman–Crippen MR) is 146 cm³/mol. The maximum Gasteiger partial charge on any atom is 0.244 e. The van der Waals surface area contributed by atoms with E-state index in [1.54, 1.807) is 25.3 Å². The summed E-state index contributed by atoms with van der Waals surface area (Å²) in [5.74, 6) is 0.0512. The molecule has 202 valence electrons. The fourth-order valence-electron chi connectivity index (χ4n) is 4.80. The van der Waals surface area contributed by atoms with Crippen molar-refractivity contribution in [2.45, 2.75) is 71.5 Å². The summed E-state index contributed by atoms with van der Waals surface area (Å²) in [6.07, 6.45) is 5.53. The molecular weight excluding hydrogens is 490 g/mol. The number of amides is 2. The normalized spacial score (nSPS) is 14.7. The van der Waals surface area contributed by atoms with E-state index in [9.17, 15) is 18.0 Å². The molecule has 1 N–H and O–H groups in total. The maximum atomic E-state index is 13.9. The molecule has 37 heavy (non-hydrogen) atoms. The third-order valence-corrected chi connectivity index (χ3v) is 8.04. The molecule has 1 aliphatic carbocycles. The van der Waals surface area contributed by atoms with E-state index < -0.39 is 28.5 Å². The SMILES string of the molecule is CC[C@H](C(=O)NC1CCCC1)N(Cc1ccc(OC)cc1)C(=O)CN(c1cc(C)ccc1C)S(C)(=O)=O. The highest BCUT2D eigenvalue weighted by Gasteiger charge is 2.33. The Bertz CT molecular complexity index is 1190. The quantitative estimate of drug-likeness (QED) is 0.476. The van der Waals surface area contributed by atoms with Gasteiger partial charge in [0.25, 0.3) is 0 Å². The molecule has 1 aliphatic rings. The van der Waals surface area contributed by atoms with Gasteiger partial charge in [0.15, 0.2) is 0 Å². The monoisotopic (exact) mass is 529 g/mol. The molecule has 0 radical (unpaired) electrons. The first kappa shape index (κ1) is 28.5. The number of rotatable bonds is 11. The molecule has 2 aromatic carbocycles. The number of nitrogens with zero attached hydrogens (tertiary/aromatic N) is 2. The third kappa shape index (κ3) is 7.47. The lowest BCUT2D eigenvalue weighted by molar-refractivity contribution is -0.140. The Morgan fingerprint density at radius 2 is 1.73 bits per heavy atom. The summed E-state index contributed by atoms with van der Waals surface area (Å²) in [6, 6.07) is 12.2. The number of hydrogen-bond acceptors (Lipinski definition) is 5. The molecule has 0 saturated heterocycles. The van der Waals surface area contributed by atoms with E-state index in [1.807, 2.05) is 45.0 Å². The highest BCUT2D eigenvalue weighted by molar-refractivity contribution is 7.92. The summed E-state index contributed by atoms with van der Waals surface area (Å²) >= 11 is 0. The number of aryl methyl sites for hydroxylation is 2. The summed E-state index contributed by atoms with van der Waals surface area (Å²) in [6.45, 7) is 5.33. The summed E-state index contributed by atoms with van der Waals surface area (Å²) < 4.78 is 32.1. The zero-order chi connectivity index (χ0) is 27.2. The number of sulfonamides is 1. The van der Waals surface area contributed by atoms with Crippen molar-refractivity contribution < 1.29 is 22.7 Å². The Labute approximate surface area is 221 Å². The number of methoxy groups -OCH3 is 1. The number of hydrogen-bond donors (Lipinski definition) is 1. The Hall–Kier alpha value is -3.07. The molecule has 2 aromatic rings. The molecule has 9 heteroatoms. The van der Waals surface area contributed by atoms with Crippen molar-refractivity contribution >= 4 is 27.5 Å². The number of anilines is 1. The number of carbonyl (C=O) groups is 2. The summed E-state index contributed by atoms with van der Waals surface area (Å²) in [4.78, 5) is 28.7. The van der Waals surface area contributed by atoms with Crippen LogP contribution in [0.1, 0.15) is 55.7 Å². The molecule has 8 nitrogen and oxygen atoms in total. The zero-order valence-corrected chi connectivity index (χ0v) is 23.3. The van der Waals surface area contributed by atoms with Gasteiger partial charge in [0, 0.05) is 12.6 Å². The van der Waals surface area contributed by atoms with Gasteiger partial charge in [0.1, 0.15) is 18.3 Å². The van der Waals surface area contributed by atoms with Crippen LogP contribution in [0.15, 0.2) is 42.5 Å². The zero-order valence-electron chi connectivity index (χ0n) is 22.5. The molecule has 1 saturated carbocycles. The largest absolute Gasteiger partial charge is 0.497 e. The fraction of sp³-hybridized carbons (Fsp3) is 0.500. The van der Waals surface area contributed by atoms with Gasteiger partial charge in [-0.25, -0.2) is 8.42 Å². The number of ether oxygens (including phenoxy) is 1. The van der Waals surface area contributed by atoms with Crippen molar-refractivity contribution in [2.24, 2.45) is 0 Å². The third-order valence-electron chi connectivity index (χ3n) is 6.91. The van der Waals surface area contributed by atoms with Crippen molar-refractivity contribution in [3.63, 3.8) is 0 Å². The van der Waals surface area contributed by atoms with Crippen molar-refractivity contribution in [3.8, 4) is 5.75 Å². The lowest BCUT2D eigenvalue weighted by atomic mass is 10.1. The van der Waals surface area contributed by atoms with Crippen molar-refractivity contribution in [1.82, 2.24) is 10.2 Å². The van der Waals surface area contributed by atoms with E-state index in [2.05, 4.69) is 5.32 Å². The van der Waals surface area contributed by atoms with Gasteiger partial charge < -0.3 is 15.0 Å². The molecule has 0 bridgehead atoms. The van der Waals surface area contributed by atoms with Gasteiger partial charge >= 0.3 is 0 Å². The van der Waals surface area contributed by atoms with Crippen LogP contribution in [0.3, 0.4) is 0 Å². The smallest absolute Gasteiger partial charge is 0.244 e. The predicted octanol–water partition coefficient (Wildman–Crippen LogP) is 3.94. The Morgan fingerprint density at radius 1 is 1.08 bits per heavy atom. The van der Waals surface area contributed by atoms with Gasteiger partial charge in [-0.15, -0.1) is 0 Å². The summed E-state index contributed by atoms with van der Waals surface area (Å²) in [5, 5.41) is 3.12. The molecule has 0 aliphatic heterocycles. The fourth-order valence-corrected chi connectivity index (χ4v) is 5.70. The van der Waals surface area contributed by atoms with Crippen LogP contribution in [-0.2, 0) is 26.2 Å². The van der Waals surface area contributed by atoms with E-state index in [4.69, 9.17) is 4.74 Å². The number of carbonyl (C=O) groups excluding carboxylic acids is 2. The molecule has 0 unspecified atom stereocenters. The molecule has 1 atom stereocenters. The van der Waals surface area contributed by atoms with Gasteiger partial charge in [-0.3, -0.25) is 13.9 Å². The van der Waals surface area contributed by atoms with Crippen LogP contribution in [0.5, 0.6) is 5.75 Å². The maximum absolute atomic E-state index is 13.9. The Kier molecular flexibility index (Phi) is 9.59. The van der Waals surface area contributed by atoms with Crippen LogP contribution in [0.2, 0.25) is 0 Å². The minimum atomic E-state index is -3.77. The lowest BCUT2D eigenvalue weighted by Crippen LogP contribution is -2.53. The van der Waals surface area contributed by atoms with Crippen LogP contribution in [-0.4, -0.2) is 57.1 Å². The van der Waals surface area contributed by atoms with Crippen LogP contribution in [0, 0.1) is 13.8 Å². The van der Waals surface area contributed by atoms with E-state index in [-0.39, 0.29) is 18.5 Å². The molecular formula is C28H39N3O5S. The molecule has 3 rings (SSSR count). The average Bonchev–Trinajstić information content (AvgIpc) is 3.36. The lowest BCUT2D eigenvalue weighted by Gasteiger charge is -2.33. The van der Waals surface area contributed by atoms with E-state index >= 15 is 0 Å². The topological polar surface area (TPSA) is 96.0 Å². The van der Waals surface area contributed by atoms with Gasteiger partial charge in [-0.05, 0) is 68.0 Å². The van der Waals surface area contributed by atoms with Gasteiger partial charge in [-0.1, -0.05) is 44.0 Å². The molecule has 0 spiro atoms. The first-order valence-electron chi connectivity index (χ1n) is 12.8. The minimum Gasteiger partial charge on any atom is -0.497 e. The van der Waals surface area contributed by atoms with Crippen molar-refractivity contribution in [2.75, 3.05) is 24.2 Å². The number of nitrogens with one attached hydrogen (secondary N) is 1. The van der Waals surface area contributed by atoms with E-state index in [1.165, 1.54) is 4.90 Å². The van der Waals surface area contributed by atoms with Crippen molar-refractivity contribution in [3.05, 3.63) is 59.2 Å². The molecule has 0 heterocycles. The Morgan fingerprint density at radius 3 is 2.30 bits per heavy atom. The number of benzene rings is 2. The van der Waals surface area contributed by atoms with Gasteiger partial charge in [-0.2, -0.15) is 0 Å². The second-order valence-corrected chi connectivity index (χ2v) is 11.8. The molecule has 2 amide bonds. The second kappa shape index (κ2) is 12.4. The van der Waals surface area contributed by atoms with E-state index in [0.717, 1.165) is 52.9 Å². The van der Waals surface area contributed by atoms with Crippen LogP contribution < -0.4 is 14.4 Å². The van der Waals surface area contributed by atoms with Crippen molar-refractivity contribution in [1.29, 1.82) is 0 Å². The summed E-state index contributed by atoms with van der Waals surface area (Å²) in [5.41, 5.74) is 2.92. The van der Waals surface area contributed by atoms with Crippen LogP contribution >= 0.6 is 0 Å². The molecule has 1 fully saturated rings. The second-order valence-electron chi connectivity index (χ2n) is 9.84. The van der Waals surface area contributed by atoms with Gasteiger partial charge in [0.05, 0.1) is 19.1 Å². The first-order valence-corrected chi connectivity index (χ1v) is 14.7.